The first-order valence-electron chi connectivity index (χ1n) is 31.9. The Kier molecular flexibility index (Phi) is 56.2. The molecule has 0 aliphatic rings. The zero-order valence-electron chi connectivity index (χ0n) is 51.1. The molecule has 3 unspecified atom stereocenters. The summed E-state index contributed by atoms with van der Waals surface area (Å²) in [5.74, 6) is -0.246. The Morgan fingerprint density at radius 1 is 0.462 bits per heavy atom. The molecule has 0 saturated heterocycles. The van der Waals surface area contributed by atoms with Crippen molar-refractivity contribution < 1.29 is 32.9 Å². The maximum Gasteiger partial charge on any atom is 0.268 e. The Hall–Kier alpha value is -3.10. The van der Waals surface area contributed by atoms with Crippen LogP contribution in [0.25, 0.3) is 0 Å². The number of aliphatic hydroxyl groups is 1. The molecule has 0 saturated carbocycles. The molecule has 0 aromatic carbocycles. The average Bonchev–Trinajstić information content (AvgIpc) is 3.41. The second kappa shape index (κ2) is 58.6. The first kappa shape index (κ1) is 74.9. The lowest BCUT2D eigenvalue weighted by Gasteiger charge is -2.29. The van der Waals surface area contributed by atoms with Crippen molar-refractivity contribution in [2.24, 2.45) is 0 Å². The van der Waals surface area contributed by atoms with Gasteiger partial charge in [0.1, 0.15) is 13.2 Å². The Bertz CT molecular complexity index is 1680. The van der Waals surface area contributed by atoms with E-state index in [2.05, 4.69) is 129 Å². The summed E-state index contributed by atoms with van der Waals surface area (Å²) in [7, 11) is 1.20. The Balaban J connectivity index is 4.30. The van der Waals surface area contributed by atoms with E-state index in [1.54, 1.807) is 6.08 Å². The summed E-state index contributed by atoms with van der Waals surface area (Å²) in [6.45, 7) is 4.48. The molecule has 448 valence electrons. The highest BCUT2D eigenvalue weighted by Gasteiger charge is 2.23. The van der Waals surface area contributed by atoms with Crippen LogP contribution in [0.4, 0.5) is 0 Å². The number of hydrogen-bond donors (Lipinski definition) is 2. The molecule has 3 atom stereocenters. The molecule has 0 aromatic heterocycles. The quantitative estimate of drug-likeness (QED) is 0.0272. The number of carbonyl (C=O) groups is 1. The van der Waals surface area contributed by atoms with Crippen LogP contribution in [0.15, 0.2) is 122 Å². The molecular weight excluding hydrogens is 984 g/mol. The van der Waals surface area contributed by atoms with Gasteiger partial charge < -0.3 is 28.8 Å². The number of carbonyl (C=O) groups excluding carboxylic acids is 1. The van der Waals surface area contributed by atoms with Crippen LogP contribution in [0.5, 0.6) is 0 Å². The maximum atomic E-state index is 13.0. The summed E-state index contributed by atoms with van der Waals surface area (Å²) in [5.41, 5.74) is 0. The van der Waals surface area contributed by atoms with Gasteiger partial charge in [-0.3, -0.25) is 9.36 Å². The minimum absolute atomic E-state index is 0.0229. The summed E-state index contributed by atoms with van der Waals surface area (Å²) in [4.78, 5) is 25.5. The van der Waals surface area contributed by atoms with Crippen molar-refractivity contribution in [3.8, 4) is 0 Å². The monoisotopic (exact) mass is 1100 g/mol. The predicted octanol–water partition coefficient (Wildman–Crippen LogP) is 19.5. The summed E-state index contributed by atoms with van der Waals surface area (Å²) in [6.07, 6.45) is 87.4. The van der Waals surface area contributed by atoms with Crippen molar-refractivity contribution in [3.05, 3.63) is 122 Å². The molecule has 0 radical (unpaired) electrons. The Morgan fingerprint density at radius 2 is 0.795 bits per heavy atom. The summed E-state index contributed by atoms with van der Waals surface area (Å²) in [5, 5.41) is 13.9. The van der Waals surface area contributed by atoms with E-state index >= 15 is 0 Å². The first-order chi connectivity index (χ1) is 38.0. The second-order valence-electron chi connectivity index (χ2n) is 22.4. The largest absolute Gasteiger partial charge is 0.756 e. The number of aliphatic hydroxyl groups excluding tert-OH is 1. The van der Waals surface area contributed by atoms with Crippen molar-refractivity contribution >= 4 is 13.7 Å². The lowest BCUT2D eigenvalue weighted by Crippen LogP contribution is -2.45. The Labute approximate surface area is 482 Å². The van der Waals surface area contributed by atoms with Gasteiger partial charge in [0.25, 0.3) is 7.82 Å². The fourth-order valence-electron chi connectivity index (χ4n) is 8.70. The van der Waals surface area contributed by atoms with Crippen LogP contribution < -0.4 is 10.2 Å². The normalized spacial score (nSPS) is 14.6. The number of rotatable bonds is 57. The third-order valence-electron chi connectivity index (χ3n) is 13.6. The number of phosphoric ester groups is 1. The number of nitrogens with one attached hydrogen (secondary N) is 1. The van der Waals surface area contributed by atoms with Gasteiger partial charge >= 0.3 is 0 Å². The number of unbranched alkanes of at least 4 members (excludes halogenated alkanes) is 26. The zero-order chi connectivity index (χ0) is 57.0. The molecule has 8 nitrogen and oxygen atoms in total. The maximum absolute atomic E-state index is 13.0. The van der Waals surface area contributed by atoms with Crippen LogP contribution in [-0.4, -0.2) is 68.5 Å². The van der Waals surface area contributed by atoms with Gasteiger partial charge in [-0.2, -0.15) is 0 Å². The highest BCUT2D eigenvalue weighted by molar-refractivity contribution is 7.45. The summed E-state index contributed by atoms with van der Waals surface area (Å²) in [6, 6.07) is -0.939. The number of nitrogens with zero attached hydrogens (tertiary/aromatic N) is 1. The van der Waals surface area contributed by atoms with Gasteiger partial charge in [-0.05, 0) is 103 Å². The molecule has 9 heteroatoms. The zero-order valence-corrected chi connectivity index (χ0v) is 52.0. The lowest BCUT2D eigenvalue weighted by atomic mass is 10.0. The van der Waals surface area contributed by atoms with E-state index < -0.39 is 26.6 Å². The van der Waals surface area contributed by atoms with Gasteiger partial charge in [-0.25, -0.2) is 0 Å². The van der Waals surface area contributed by atoms with Gasteiger partial charge in [0.2, 0.25) is 5.91 Å². The number of phosphoric acid groups is 1. The number of likely N-dealkylation sites (N-methyl/N-ethyl adjacent to an activating group) is 1. The molecule has 1 amide bonds. The summed E-state index contributed by atoms with van der Waals surface area (Å²) >= 11 is 0. The smallest absolute Gasteiger partial charge is 0.268 e. The Morgan fingerprint density at radius 3 is 1.19 bits per heavy atom. The van der Waals surface area contributed by atoms with Gasteiger partial charge in [0.05, 0.1) is 39.9 Å². The first-order valence-corrected chi connectivity index (χ1v) is 33.4. The van der Waals surface area contributed by atoms with Gasteiger partial charge in [0, 0.05) is 6.42 Å². The third-order valence-corrected chi connectivity index (χ3v) is 14.6. The minimum Gasteiger partial charge on any atom is -0.756 e. The van der Waals surface area contributed by atoms with Crippen molar-refractivity contribution in [3.63, 3.8) is 0 Å². The fraction of sp³-hybridized carbons (Fsp3) is 0.696. The molecule has 0 rings (SSSR count). The fourth-order valence-corrected chi connectivity index (χ4v) is 9.42. The second-order valence-corrected chi connectivity index (χ2v) is 23.8. The lowest BCUT2D eigenvalue weighted by molar-refractivity contribution is -0.870. The van der Waals surface area contributed by atoms with Crippen molar-refractivity contribution in [1.82, 2.24) is 5.32 Å². The highest BCUT2D eigenvalue weighted by atomic mass is 31.2. The van der Waals surface area contributed by atoms with Gasteiger partial charge in [0.15, 0.2) is 0 Å². The molecule has 0 heterocycles. The van der Waals surface area contributed by atoms with E-state index in [-0.39, 0.29) is 18.9 Å². The van der Waals surface area contributed by atoms with Crippen LogP contribution in [-0.2, 0) is 18.4 Å². The summed E-state index contributed by atoms with van der Waals surface area (Å²) < 4.78 is 23.3. The number of hydrogen-bond acceptors (Lipinski definition) is 6. The number of quaternary nitrogens is 1. The molecule has 0 aliphatic carbocycles. The van der Waals surface area contributed by atoms with Crippen molar-refractivity contribution in [1.29, 1.82) is 0 Å². The molecule has 2 N–H and O–H groups in total. The molecule has 0 aromatic rings. The molecule has 78 heavy (non-hydrogen) atoms. The van der Waals surface area contributed by atoms with Gasteiger partial charge in [-0.15, -0.1) is 0 Å². The minimum atomic E-state index is -4.63. The van der Waals surface area contributed by atoms with Crippen LogP contribution >= 0.6 is 7.82 Å². The van der Waals surface area contributed by atoms with E-state index in [1.807, 2.05) is 27.2 Å². The average molecular weight is 1110 g/mol. The van der Waals surface area contributed by atoms with E-state index in [0.29, 0.717) is 23.9 Å². The van der Waals surface area contributed by atoms with E-state index in [9.17, 15) is 19.4 Å². The van der Waals surface area contributed by atoms with Crippen LogP contribution in [0.1, 0.15) is 258 Å². The standard InChI is InChI=1S/C69H121N2O6P/c1-6-8-10-12-14-16-18-20-22-24-26-28-30-32-33-34-35-36-37-39-40-42-44-46-48-50-52-54-56-58-60-62-68(72)67(66-77-78(74,75)76-65-64-71(3,4)5)70-69(73)63-61-59-57-55-53-51-49-47-45-43-41-38-31-29-27-25-23-21-19-17-15-13-11-9-7-2/h9,11,15,17,21,23,27,29,38,41,44-47,51-54,60,62,67-68,72H,6-8,10,12-14,16,18-20,22,24-26,28,30-37,39-40,42-43,48-50,55-59,61,63-66H2,1-5H3,(H-,70,73,74,75)/b11-9-,17-15-,23-21-,29-27-,41-38-,46-44+,47-45-,53-51-,54-52+,62-60+. The van der Waals surface area contributed by atoms with E-state index in [1.165, 1.54) is 141 Å². The van der Waals surface area contributed by atoms with Crippen molar-refractivity contribution in [2.75, 3.05) is 40.9 Å². The van der Waals surface area contributed by atoms with Crippen LogP contribution in [0.3, 0.4) is 0 Å². The van der Waals surface area contributed by atoms with Crippen molar-refractivity contribution in [2.45, 2.75) is 270 Å². The molecule has 0 fully saturated rings. The third kappa shape index (κ3) is 60.5. The highest BCUT2D eigenvalue weighted by Crippen LogP contribution is 2.38. The topological polar surface area (TPSA) is 108 Å². The van der Waals surface area contributed by atoms with Crippen LogP contribution in [0.2, 0.25) is 0 Å². The molecule has 0 bridgehead atoms. The SMILES string of the molecule is CC/C=C\C/C=C\C/C=C\C/C=C\C/C=C\C/C=C\C/C=C\CCCCCC(=O)NC(COP(=O)([O-])OCC[N+](C)(C)C)C(O)/C=C/CC/C=C/CC/C=C/CCCCCCCCCCCCCCCCCCCCCCC. The molecule has 0 aliphatic heterocycles. The molecule has 0 spiro atoms. The number of allylic oxidation sites excluding steroid dienone is 19. The molecular formula is C69H121N2O6P. The van der Waals surface area contributed by atoms with Gasteiger partial charge in [-0.1, -0.05) is 270 Å². The van der Waals surface area contributed by atoms with Crippen LogP contribution in [0, 0.1) is 0 Å². The van der Waals surface area contributed by atoms with E-state index in [0.717, 1.165) is 83.5 Å². The predicted molar refractivity (Wildman–Crippen MR) is 339 cm³/mol. The van der Waals surface area contributed by atoms with E-state index in [4.69, 9.17) is 9.05 Å². The number of amides is 1.